The van der Waals surface area contributed by atoms with E-state index in [4.69, 9.17) is 0 Å². The third-order valence-corrected chi connectivity index (χ3v) is 2.57. The molecule has 3 nitrogen and oxygen atoms in total. The Morgan fingerprint density at radius 3 is 2.31 bits per heavy atom. The summed E-state index contributed by atoms with van der Waals surface area (Å²) < 4.78 is 0. The number of anilines is 1. The number of carbonyl (C=O) groups excluding carboxylic acids is 1. The summed E-state index contributed by atoms with van der Waals surface area (Å²) in [6.07, 6.45) is 0. The number of aryl methyl sites for hydroxylation is 2. The molecule has 1 rings (SSSR count). The van der Waals surface area contributed by atoms with Gasteiger partial charge < -0.3 is 10.2 Å². The van der Waals surface area contributed by atoms with E-state index >= 15 is 0 Å². The summed E-state index contributed by atoms with van der Waals surface area (Å²) in [5.41, 5.74) is 3.42. The molecule has 1 N–H and O–H groups in total. The number of nitrogens with zero attached hydrogens (tertiary/aromatic N) is 1. The third kappa shape index (κ3) is 3.57. The summed E-state index contributed by atoms with van der Waals surface area (Å²) in [6, 6.07) is 6.21. The van der Waals surface area contributed by atoms with Crippen molar-refractivity contribution in [3.63, 3.8) is 0 Å². The molecule has 0 heterocycles. The van der Waals surface area contributed by atoms with E-state index in [0.29, 0.717) is 6.54 Å². The highest BCUT2D eigenvalue weighted by Gasteiger charge is 2.05. The minimum atomic E-state index is 0.113. The van der Waals surface area contributed by atoms with Crippen molar-refractivity contribution in [1.82, 2.24) is 4.90 Å². The SMILES string of the molecule is CCN(C)C(=O)CNc1cc(C)cc(C)c1. The molecule has 0 aliphatic rings. The summed E-state index contributed by atoms with van der Waals surface area (Å²) in [6.45, 7) is 7.17. The minimum Gasteiger partial charge on any atom is -0.376 e. The van der Waals surface area contributed by atoms with E-state index in [9.17, 15) is 4.79 Å². The standard InChI is InChI=1S/C13H20N2O/c1-5-15(4)13(16)9-14-12-7-10(2)6-11(3)8-12/h6-8,14H,5,9H2,1-4H3. The van der Waals surface area contributed by atoms with Crippen LogP contribution in [-0.4, -0.2) is 30.9 Å². The number of hydrogen-bond donors (Lipinski definition) is 1. The van der Waals surface area contributed by atoms with Crippen LogP contribution in [0.2, 0.25) is 0 Å². The quantitative estimate of drug-likeness (QED) is 0.843. The molecule has 0 aromatic heterocycles. The maximum absolute atomic E-state index is 11.6. The molecule has 1 amide bonds. The van der Waals surface area contributed by atoms with Gasteiger partial charge in [0.2, 0.25) is 5.91 Å². The third-order valence-electron chi connectivity index (χ3n) is 2.57. The molecule has 0 atom stereocenters. The number of hydrogen-bond acceptors (Lipinski definition) is 2. The summed E-state index contributed by atoms with van der Waals surface area (Å²) in [7, 11) is 1.81. The Labute approximate surface area is 97.5 Å². The van der Waals surface area contributed by atoms with Crippen LogP contribution in [0.25, 0.3) is 0 Å². The highest BCUT2D eigenvalue weighted by molar-refractivity contribution is 5.80. The van der Waals surface area contributed by atoms with Crippen LogP contribution in [-0.2, 0) is 4.79 Å². The molecule has 0 unspecified atom stereocenters. The fourth-order valence-electron chi connectivity index (χ4n) is 1.57. The molecule has 16 heavy (non-hydrogen) atoms. The molecule has 0 bridgehead atoms. The number of benzene rings is 1. The van der Waals surface area contributed by atoms with Crippen LogP contribution in [0.3, 0.4) is 0 Å². The average molecular weight is 220 g/mol. The Morgan fingerprint density at radius 2 is 1.81 bits per heavy atom. The first-order valence-electron chi connectivity index (χ1n) is 5.59. The Balaban J connectivity index is 2.58. The van der Waals surface area contributed by atoms with Crippen molar-refractivity contribution >= 4 is 11.6 Å². The van der Waals surface area contributed by atoms with Crippen molar-refractivity contribution in [2.24, 2.45) is 0 Å². The van der Waals surface area contributed by atoms with Gasteiger partial charge in [-0.1, -0.05) is 6.07 Å². The molecule has 1 aromatic carbocycles. The molecule has 1 aromatic rings. The maximum atomic E-state index is 11.6. The first-order valence-corrected chi connectivity index (χ1v) is 5.59. The summed E-state index contributed by atoms with van der Waals surface area (Å²) in [5.74, 6) is 0.113. The van der Waals surface area contributed by atoms with E-state index in [1.54, 1.807) is 4.90 Å². The van der Waals surface area contributed by atoms with Gasteiger partial charge >= 0.3 is 0 Å². The van der Waals surface area contributed by atoms with Gasteiger partial charge in [-0.3, -0.25) is 4.79 Å². The maximum Gasteiger partial charge on any atom is 0.241 e. The highest BCUT2D eigenvalue weighted by atomic mass is 16.2. The van der Waals surface area contributed by atoms with Crippen LogP contribution in [0.1, 0.15) is 18.1 Å². The fraction of sp³-hybridized carbons (Fsp3) is 0.462. The Hall–Kier alpha value is -1.51. The molecule has 0 radical (unpaired) electrons. The second-order valence-electron chi connectivity index (χ2n) is 4.14. The van der Waals surface area contributed by atoms with Gasteiger partial charge in [-0.15, -0.1) is 0 Å². The Bertz CT molecular complexity index is 354. The van der Waals surface area contributed by atoms with E-state index in [1.807, 2.05) is 26.1 Å². The predicted molar refractivity (Wildman–Crippen MR) is 67.7 cm³/mol. The molecule has 0 aliphatic heterocycles. The molecular weight excluding hydrogens is 200 g/mol. The molecule has 3 heteroatoms. The van der Waals surface area contributed by atoms with Crippen molar-refractivity contribution in [2.45, 2.75) is 20.8 Å². The zero-order valence-corrected chi connectivity index (χ0v) is 10.5. The lowest BCUT2D eigenvalue weighted by Crippen LogP contribution is -2.31. The van der Waals surface area contributed by atoms with Crippen molar-refractivity contribution in [3.05, 3.63) is 29.3 Å². The van der Waals surface area contributed by atoms with Gasteiger partial charge in [0.1, 0.15) is 0 Å². The molecule has 88 valence electrons. The monoisotopic (exact) mass is 220 g/mol. The van der Waals surface area contributed by atoms with E-state index in [2.05, 4.69) is 25.2 Å². The summed E-state index contributed by atoms with van der Waals surface area (Å²) in [5, 5.41) is 3.15. The van der Waals surface area contributed by atoms with Crippen LogP contribution in [0.15, 0.2) is 18.2 Å². The van der Waals surface area contributed by atoms with E-state index in [-0.39, 0.29) is 5.91 Å². The van der Waals surface area contributed by atoms with Gasteiger partial charge in [-0.2, -0.15) is 0 Å². The normalized spacial score (nSPS) is 10.0. The van der Waals surface area contributed by atoms with Gasteiger partial charge in [-0.25, -0.2) is 0 Å². The number of nitrogens with one attached hydrogen (secondary N) is 1. The molecule has 0 saturated heterocycles. The second-order valence-corrected chi connectivity index (χ2v) is 4.14. The second kappa shape index (κ2) is 5.54. The lowest BCUT2D eigenvalue weighted by Gasteiger charge is -2.15. The molecule has 0 spiro atoms. The van der Waals surface area contributed by atoms with Gasteiger partial charge in [-0.05, 0) is 44.0 Å². The van der Waals surface area contributed by atoms with E-state index in [0.717, 1.165) is 12.2 Å². The minimum absolute atomic E-state index is 0.113. The van der Waals surface area contributed by atoms with Crippen LogP contribution in [0.4, 0.5) is 5.69 Å². The molecule has 0 saturated carbocycles. The topological polar surface area (TPSA) is 32.3 Å². The highest BCUT2D eigenvalue weighted by Crippen LogP contribution is 2.13. The zero-order chi connectivity index (χ0) is 12.1. The van der Waals surface area contributed by atoms with Crippen molar-refractivity contribution in [2.75, 3.05) is 25.5 Å². The van der Waals surface area contributed by atoms with Gasteiger partial charge in [0.05, 0.1) is 6.54 Å². The summed E-state index contributed by atoms with van der Waals surface area (Å²) >= 11 is 0. The van der Waals surface area contributed by atoms with Crippen molar-refractivity contribution in [3.8, 4) is 0 Å². The predicted octanol–water partition coefficient (Wildman–Crippen LogP) is 2.19. The molecular formula is C13H20N2O. The largest absolute Gasteiger partial charge is 0.376 e. The molecule has 0 fully saturated rings. The lowest BCUT2D eigenvalue weighted by molar-refractivity contribution is -0.127. The van der Waals surface area contributed by atoms with Crippen molar-refractivity contribution < 1.29 is 4.79 Å². The molecule has 0 aliphatic carbocycles. The van der Waals surface area contributed by atoms with Crippen LogP contribution < -0.4 is 5.32 Å². The van der Waals surface area contributed by atoms with Gasteiger partial charge in [0, 0.05) is 19.3 Å². The van der Waals surface area contributed by atoms with Gasteiger partial charge in [0.15, 0.2) is 0 Å². The fourth-order valence-corrected chi connectivity index (χ4v) is 1.57. The average Bonchev–Trinajstić information content (AvgIpc) is 2.23. The number of rotatable bonds is 4. The number of carbonyl (C=O) groups is 1. The Kier molecular flexibility index (Phi) is 4.35. The summed E-state index contributed by atoms with van der Waals surface area (Å²) in [4.78, 5) is 13.3. The smallest absolute Gasteiger partial charge is 0.241 e. The van der Waals surface area contributed by atoms with Crippen LogP contribution in [0, 0.1) is 13.8 Å². The van der Waals surface area contributed by atoms with E-state index < -0.39 is 0 Å². The van der Waals surface area contributed by atoms with Crippen LogP contribution in [0.5, 0.6) is 0 Å². The van der Waals surface area contributed by atoms with Crippen LogP contribution >= 0.6 is 0 Å². The van der Waals surface area contributed by atoms with E-state index in [1.165, 1.54) is 11.1 Å². The lowest BCUT2D eigenvalue weighted by atomic mass is 10.1. The van der Waals surface area contributed by atoms with Gasteiger partial charge in [0.25, 0.3) is 0 Å². The first kappa shape index (κ1) is 12.6. The van der Waals surface area contributed by atoms with Crippen molar-refractivity contribution in [1.29, 1.82) is 0 Å². The zero-order valence-electron chi connectivity index (χ0n) is 10.5. The number of amides is 1. The Morgan fingerprint density at radius 1 is 1.25 bits per heavy atom. The number of likely N-dealkylation sites (N-methyl/N-ethyl adjacent to an activating group) is 1. The first-order chi connectivity index (χ1) is 7.52.